The van der Waals surface area contributed by atoms with Crippen LogP contribution in [0.15, 0.2) is 33.5 Å². The van der Waals surface area contributed by atoms with E-state index in [4.69, 9.17) is 14.9 Å². The van der Waals surface area contributed by atoms with Crippen molar-refractivity contribution in [3.63, 3.8) is 0 Å². The third-order valence-corrected chi connectivity index (χ3v) is 3.28. The number of amides is 1. The Hall–Kier alpha value is -2.34. The molecule has 6 nitrogen and oxygen atoms in total. The molecule has 2 N–H and O–H groups in total. The van der Waals surface area contributed by atoms with Crippen LogP contribution in [0, 0.1) is 0 Å². The maximum atomic E-state index is 12.3. The number of carbonyl (C=O) groups excluding carboxylic acids is 1. The molecule has 0 unspecified atom stereocenters. The lowest BCUT2D eigenvalue weighted by Crippen LogP contribution is -2.42. The van der Waals surface area contributed by atoms with E-state index < -0.39 is 5.63 Å². The maximum absolute atomic E-state index is 12.3. The number of hydrogen-bond donors (Lipinski definition) is 1. The Labute approximate surface area is 114 Å². The van der Waals surface area contributed by atoms with Gasteiger partial charge in [-0.05, 0) is 24.3 Å². The van der Waals surface area contributed by atoms with Crippen LogP contribution in [0.2, 0.25) is 0 Å². The molecule has 1 saturated heterocycles. The Morgan fingerprint density at radius 1 is 1.20 bits per heavy atom. The molecule has 1 aliphatic rings. The fraction of sp³-hybridized carbons (Fsp3) is 0.286. The highest BCUT2D eigenvalue weighted by Crippen LogP contribution is 2.17. The van der Waals surface area contributed by atoms with Gasteiger partial charge in [0.25, 0.3) is 5.91 Å². The first-order valence-electron chi connectivity index (χ1n) is 6.35. The molecule has 6 heteroatoms. The smallest absolute Gasteiger partial charge is 0.349 e. The molecular weight excluding hydrogens is 260 g/mol. The zero-order valence-electron chi connectivity index (χ0n) is 10.8. The van der Waals surface area contributed by atoms with Crippen LogP contribution in [0.5, 0.6) is 0 Å². The summed E-state index contributed by atoms with van der Waals surface area (Å²) in [5, 5.41) is 0.640. The second-order valence-electron chi connectivity index (χ2n) is 4.65. The average Bonchev–Trinajstić information content (AvgIpc) is 2.47. The molecule has 1 fully saturated rings. The number of ether oxygens (including phenoxy) is 1. The number of morpholine rings is 1. The van der Waals surface area contributed by atoms with Gasteiger partial charge in [-0.15, -0.1) is 0 Å². The van der Waals surface area contributed by atoms with Crippen molar-refractivity contribution in [2.24, 2.45) is 0 Å². The van der Waals surface area contributed by atoms with Gasteiger partial charge in [-0.3, -0.25) is 4.79 Å². The molecule has 2 heterocycles. The van der Waals surface area contributed by atoms with Crippen molar-refractivity contribution in [2.75, 3.05) is 32.0 Å². The van der Waals surface area contributed by atoms with Crippen molar-refractivity contribution in [2.45, 2.75) is 0 Å². The number of hydrogen-bond acceptors (Lipinski definition) is 5. The molecule has 2 aromatic rings. The normalized spacial score (nSPS) is 15.5. The highest BCUT2D eigenvalue weighted by atomic mass is 16.5. The molecule has 0 bridgehead atoms. The zero-order chi connectivity index (χ0) is 14.1. The van der Waals surface area contributed by atoms with E-state index in [2.05, 4.69) is 0 Å². The van der Waals surface area contributed by atoms with Crippen molar-refractivity contribution < 1.29 is 13.9 Å². The minimum absolute atomic E-state index is 0.0324. The van der Waals surface area contributed by atoms with E-state index in [1.807, 2.05) is 0 Å². The van der Waals surface area contributed by atoms with Crippen LogP contribution in [0.25, 0.3) is 11.0 Å². The van der Waals surface area contributed by atoms with E-state index in [1.165, 1.54) is 6.07 Å². The molecule has 1 aromatic heterocycles. The third-order valence-electron chi connectivity index (χ3n) is 3.28. The van der Waals surface area contributed by atoms with Crippen molar-refractivity contribution in [1.82, 2.24) is 4.90 Å². The van der Waals surface area contributed by atoms with Gasteiger partial charge in [0.15, 0.2) is 0 Å². The highest BCUT2D eigenvalue weighted by Gasteiger charge is 2.22. The topological polar surface area (TPSA) is 85.8 Å². The zero-order valence-corrected chi connectivity index (χ0v) is 10.8. The lowest BCUT2D eigenvalue weighted by Gasteiger charge is -2.26. The third kappa shape index (κ3) is 2.25. The van der Waals surface area contributed by atoms with Gasteiger partial charge in [-0.1, -0.05) is 0 Å². The summed E-state index contributed by atoms with van der Waals surface area (Å²) in [6.45, 7) is 1.93. The Bertz CT molecular complexity index is 717. The minimum Gasteiger partial charge on any atom is -0.422 e. The van der Waals surface area contributed by atoms with Gasteiger partial charge >= 0.3 is 5.63 Å². The number of rotatable bonds is 1. The highest BCUT2D eigenvalue weighted by molar-refractivity contribution is 5.97. The van der Waals surface area contributed by atoms with E-state index in [0.717, 1.165) is 0 Å². The van der Waals surface area contributed by atoms with Crippen LogP contribution in [0.1, 0.15) is 10.4 Å². The summed E-state index contributed by atoms with van der Waals surface area (Å²) in [4.78, 5) is 25.8. The van der Waals surface area contributed by atoms with E-state index in [1.54, 1.807) is 23.1 Å². The molecule has 0 atom stereocenters. The molecular formula is C14H14N2O4. The van der Waals surface area contributed by atoms with E-state index in [9.17, 15) is 9.59 Å². The van der Waals surface area contributed by atoms with E-state index in [-0.39, 0.29) is 11.5 Å². The molecule has 1 amide bonds. The fourth-order valence-electron chi connectivity index (χ4n) is 2.23. The van der Waals surface area contributed by atoms with Gasteiger partial charge < -0.3 is 19.8 Å². The molecule has 1 aromatic carbocycles. The summed E-state index contributed by atoms with van der Waals surface area (Å²) in [5.74, 6) is -0.327. The van der Waals surface area contributed by atoms with Crippen molar-refractivity contribution in [3.05, 3.63) is 40.2 Å². The summed E-state index contributed by atoms with van der Waals surface area (Å²) in [6, 6.07) is 6.48. The van der Waals surface area contributed by atoms with Crippen LogP contribution >= 0.6 is 0 Å². The SMILES string of the molecule is Nc1ccc2oc(=O)c(C(=O)N3CCOCC3)cc2c1. The standard InChI is InChI=1S/C14H14N2O4/c15-10-1-2-12-9(7-10)8-11(14(18)20-12)13(17)16-3-5-19-6-4-16/h1-2,7-8H,3-6,15H2. The minimum atomic E-state index is -0.626. The first kappa shape index (κ1) is 12.7. The second kappa shape index (κ2) is 4.97. The number of benzene rings is 1. The maximum Gasteiger partial charge on any atom is 0.349 e. The molecule has 20 heavy (non-hydrogen) atoms. The van der Waals surface area contributed by atoms with E-state index >= 15 is 0 Å². The Kier molecular flexibility index (Phi) is 3.15. The average molecular weight is 274 g/mol. The quantitative estimate of drug-likeness (QED) is 0.615. The van der Waals surface area contributed by atoms with Gasteiger partial charge in [-0.2, -0.15) is 0 Å². The molecule has 0 spiro atoms. The predicted molar refractivity (Wildman–Crippen MR) is 73.6 cm³/mol. The van der Waals surface area contributed by atoms with Crippen molar-refractivity contribution in [1.29, 1.82) is 0 Å². The number of fused-ring (bicyclic) bond motifs is 1. The Morgan fingerprint density at radius 2 is 1.95 bits per heavy atom. The van der Waals surface area contributed by atoms with Crippen LogP contribution < -0.4 is 11.4 Å². The number of carbonyl (C=O) groups is 1. The lowest BCUT2D eigenvalue weighted by molar-refractivity contribution is 0.0300. The van der Waals surface area contributed by atoms with Crippen LogP contribution in [-0.2, 0) is 4.74 Å². The monoisotopic (exact) mass is 274 g/mol. The molecule has 0 aliphatic carbocycles. The number of nitrogens with two attached hydrogens (primary N) is 1. The summed E-state index contributed by atoms with van der Waals surface area (Å²) in [5.41, 5.74) is 6.08. The van der Waals surface area contributed by atoms with Crippen LogP contribution in [0.4, 0.5) is 5.69 Å². The van der Waals surface area contributed by atoms with Crippen LogP contribution in [-0.4, -0.2) is 37.1 Å². The first-order chi connectivity index (χ1) is 9.65. The second-order valence-corrected chi connectivity index (χ2v) is 4.65. The van der Waals surface area contributed by atoms with Gasteiger partial charge in [0.2, 0.25) is 0 Å². The van der Waals surface area contributed by atoms with Gasteiger partial charge in [0.05, 0.1) is 13.2 Å². The summed E-state index contributed by atoms with van der Waals surface area (Å²) in [6.07, 6.45) is 0. The number of nitrogens with zero attached hydrogens (tertiary/aromatic N) is 1. The fourth-order valence-corrected chi connectivity index (χ4v) is 2.23. The lowest BCUT2D eigenvalue weighted by atomic mass is 10.1. The summed E-state index contributed by atoms with van der Waals surface area (Å²) >= 11 is 0. The summed E-state index contributed by atoms with van der Waals surface area (Å²) < 4.78 is 10.4. The van der Waals surface area contributed by atoms with E-state index in [0.29, 0.717) is 43.0 Å². The van der Waals surface area contributed by atoms with Gasteiger partial charge in [0, 0.05) is 24.2 Å². The molecule has 104 valence electrons. The molecule has 0 saturated carbocycles. The molecule has 1 aliphatic heterocycles. The number of anilines is 1. The largest absolute Gasteiger partial charge is 0.422 e. The number of nitrogen functional groups attached to an aromatic ring is 1. The molecule has 3 rings (SSSR count). The summed E-state index contributed by atoms with van der Waals surface area (Å²) in [7, 11) is 0. The van der Waals surface area contributed by atoms with Crippen molar-refractivity contribution >= 4 is 22.6 Å². The first-order valence-corrected chi connectivity index (χ1v) is 6.35. The van der Waals surface area contributed by atoms with Crippen molar-refractivity contribution in [3.8, 4) is 0 Å². The van der Waals surface area contributed by atoms with Crippen LogP contribution in [0.3, 0.4) is 0 Å². The van der Waals surface area contributed by atoms with Gasteiger partial charge in [-0.25, -0.2) is 4.79 Å². The van der Waals surface area contributed by atoms with Gasteiger partial charge in [0.1, 0.15) is 11.1 Å². The Balaban J connectivity index is 2.03. The molecule has 0 radical (unpaired) electrons. The predicted octanol–water partition coefficient (Wildman–Crippen LogP) is 0.848. The Morgan fingerprint density at radius 3 is 2.70 bits per heavy atom.